The monoisotopic (exact) mass is 280 g/mol. The van der Waals surface area contributed by atoms with Gasteiger partial charge in [0.05, 0.1) is 11.3 Å². The second-order valence-corrected chi connectivity index (χ2v) is 4.48. The largest absolute Gasteiger partial charge is 0.443 e. The number of aromatic nitrogens is 3. The number of hydrogen-bond acceptors (Lipinski definition) is 5. The third-order valence-electron chi connectivity index (χ3n) is 2.91. The van der Waals surface area contributed by atoms with E-state index in [2.05, 4.69) is 15.0 Å². The van der Waals surface area contributed by atoms with Crippen LogP contribution in [0.4, 0.5) is 0 Å². The summed E-state index contributed by atoms with van der Waals surface area (Å²) in [5.74, 6) is 0.104. The average molecular weight is 280 g/mol. The highest BCUT2D eigenvalue weighted by Crippen LogP contribution is 2.23. The van der Waals surface area contributed by atoms with Gasteiger partial charge in [-0.3, -0.25) is 4.79 Å². The van der Waals surface area contributed by atoms with Crippen LogP contribution in [0.2, 0.25) is 0 Å². The highest BCUT2D eigenvalue weighted by Gasteiger charge is 2.18. The van der Waals surface area contributed by atoms with Crippen molar-refractivity contribution in [3.05, 3.63) is 54.0 Å². The number of nitrogens with two attached hydrogens (primary N) is 1. The molecule has 3 aromatic rings. The van der Waals surface area contributed by atoms with Crippen molar-refractivity contribution in [1.82, 2.24) is 15.0 Å². The van der Waals surface area contributed by atoms with Crippen LogP contribution in [0.1, 0.15) is 16.1 Å². The lowest BCUT2D eigenvalue weighted by Gasteiger charge is -2.05. The Morgan fingerprint density at radius 1 is 1.19 bits per heavy atom. The maximum absolute atomic E-state index is 11.5. The Bertz CT molecular complexity index is 796. The molecule has 0 radical (unpaired) electrons. The standard InChI is InChI=1S/C15H12N4O2/c1-9-8-21-15(18-9)12-11(13(16)20)7-17-14(19-12)10-5-3-2-4-6-10/h2-8H,1H3,(H2,16,20). The molecule has 0 spiro atoms. The summed E-state index contributed by atoms with van der Waals surface area (Å²) >= 11 is 0. The Hall–Kier alpha value is -3.02. The summed E-state index contributed by atoms with van der Waals surface area (Å²) < 4.78 is 5.32. The molecule has 0 bridgehead atoms. The first-order chi connectivity index (χ1) is 10.1. The fourth-order valence-corrected chi connectivity index (χ4v) is 1.91. The minimum Gasteiger partial charge on any atom is -0.443 e. The summed E-state index contributed by atoms with van der Waals surface area (Å²) in [4.78, 5) is 24.3. The summed E-state index contributed by atoms with van der Waals surface area (Å²) in [5.41, 5.74) is 7.36. The predicted molar refractivity (Wildman–Crippen MR) is 76.2 cm³/mol. The molecular formula is C15H12N4O2. The third-order valence-corrected chi connectivity index (χ3v) is 2.91. The van der Waals surface area contributed by atoms with E-state index in [1.54, 1.807) is 6.92 Å². The van der Waals surface area contributed by atoms with Crippen LogP contribution in [0.25, 0.3) is 23.0 Å². The van der Waals surface area contributed by atoms with Gasteiger partial charge < -0.3 is 10.2 Å². The minimum atomic E-state index is -0.625. The molecule has 0 saturated carbocycles. The molecule has 0 fully saturated rings. The molecule has 0 aliphatic heterocycles. The number of carbonyl (C=O) groups excluding carboxylic acids is 1. The smallest absolute Gasteiger partial charge is 0.252 e. The maximum Gasteiger partial charge on any atom is 0.252 e. The second kappa shape index (κ2) is 5.16. The van der Waals surface area contributed by atoms with Gasteiger partial charge in [-0.2, -0.15) is 0 Å². The van der Waals surface area contributed by atoms with Crippen molar-refractivity contribution >= 4 is 5.91 Å². The van der Waals surface area contributed by atoms with Crippen molar-refractivity contribution in [3.8, 4) is 23.0 Å². The minimum absolute atomic E-state index is 0.177. The molecule has 1 amide bonds. The first-order valence-corrected chi connectivity index (χ1v) is 6.30. The number of aryl methyl sites for hydroxylation is 1. The van der Waals surface area contributed by atoms with Crippen molar-refractivity contribution in [1.29, 1.82) is 0 Å². The molecule has 6 nitrogen and oxygen atoms in total. The van der Waals surface area contributed by atoms with Crippen LogP contribution < -0.4 is 5.73 Å². The molecule has 0 atom stereocenters. The van der Waals surface area contributed by atoms with E-state index in [0.29, 0.717) is 17.2 Å². The van der Waals surface area contributed by atoms with E-state index in [0.717, 1.165) is 5.56 Å². The number of benzene rings is 1. The van der Waals surface area contributed by atoms with Crippen LogP contribution in [0, 0.1) is 6.92 Å². The lowest BCUT2D eigenvalue weighted by molar-refractivity contribution is 0.1000. The number of amides is 1. The van der Waals surface area contributed by atoms with Crippen molar-refractivity contribution in [2.75, 3.05) is 0 Å². The average Bonchev–Trinajstić information content (AvgIpc) is 2.94. The van der Waals surface area contributed by atoms with Gasteiger partial charge >= 0.3 is 0 Å². The first-order valence-electron chi connectivity index (χ1n) is 6.30. The summed E-state index contributed by atoms with van der Waals surface area (Å²) in [6.07, 6.45) is 2.89. The normalized spacial score (nSPS) is 10.5. The van der Waals surface area contributed by atoms with E-state index in [4.69, 9.17) is 10.2 Å². The van der Waals surface area contributed by atoms with Gasteiger partial charge in [0, 0.05) is 11.8 Å². The van der Waals surface area contributed by atoms with Crippen molar-refractivity contribution in [2.45, 2.75) is 6.92 Å². The fourth-order valence-electron chi connectivity index (χ4n) is 1.91. The van der Waals surface area contributed by atoms with E-state index in [9.17, 15) is 4.79 Å². The summed E-state index contributed by atoms with van der Waals surface area (Å²) in [6.45, 7) is 1.79. The highest BCUT2D eigenvalue weighted by atomic mass is 16.3. The molecule has 2 N–H and O–H groups in total. The van der Waals surface area contributed by atoms with E-state index in [-0.39, 0.29) is 11.5 Å². The topological polar surface area (TPSA) is 94.9 Å². The van der Waals surface area contributed by atoms with Crippen LogP contribution in [-0.4, -0.2) is 20.9 Å². The van der Waals surface area contributed by atoms with Crippen molar-refractivity contribution in [3.63, 3.8) is 0 Å². The Morgan fingerprint density at radius 2 is 1.95 bits per heavy atom. The Kier molecular flexibility index (Phi) is 3.19. The Morgan fingerprint density at radius 3 is 2.57 bits per heavy atom. The molecule has 104 valence electrons. The van der Waals surface area contributed by atoms with Gasteiger partial charge in [-0.05, 0) is 6.92 Å². The van der Waals surface area contributed by atoms with Gasteiger partial charge in [0.1, 0.15) is 12.0 Å². The SMILES string of the molecule is Cc1coc(-c2nc(-c3ccccc3)ncc2C(N)=O)n1. The Balaban J connectivity index is 2.17. The third kappa shape index (κ3) is 2.51. The number of oxazole rings is 1. The molecule has 6 heteroatoms. The molecule has 2 aromatic heterocycles. The van der Waals surface area contributed by atoms with Gasteiger partial charge in [-0.1, -0.05) is 30.3 Å². The van der Waals surface area contributed by atoms with Crippen LogP contribution in [0.5, 0.6) is 0 Å². The zero-order valence-electron chi connectivity index (χ0n) is 11.3. The zero-order valence-corrected chi connectivity index (χ0v) is 11.3. The second-order valence-electron chi connectivity index (χ2n) is 4.48. The Labute approximate surface area is 120 Å². The van der Waals surface area contributed by atoms with E-state index < -0.39 is 5.91 Å². The zero-order chi connectivity index (χ0) is 14.8. The maximum atomic E-state index is 11.5. The molecule has 0 aliphatic carbocycles. The number of carbonyl (C=O) groups is 1. The molecule has 2 heterocycles. The van der Waals surface area contributed by atoms with Crippen molar-refractivity contribution in [2.24, 2.45) is 5.73 Å². The highest BCUT2D eigenvalue weighted by molar-refractivity contribution is 5.97. The molecule has 3 rings (SSSR count). The number of nitrogens with zero attached hydrogens (tertiary/aromatic N) is 3. The van der Waals surface area contributed by atoms with Crippen molar-refractivity contribution < 1.29 is 9.21 Å². The van der Waals surface area contributed by atoms with Gasteiger partial charge in [0.15, 0.2) is 5.82 Å². The first kappa shape index (κ1) is 13.0. The van der Waals surface area contributed by atoms with E-state index >= 15 is 0 Å². The quantitative estimate of drug-likeness (QED) is 0.793. The fraction of sp³-hybridized carbons (Fsp3) is 0.0667. The van der Waals surface area contributed by atoms with E-state index in [1.165, 1.54) is 12.5 Å². The molecule has 0 unspecified atom stereocenters. The van der Waals surface area contributed by atoms with Crippen LogP contribution in [-0.2, 0) is 0 Å². The molecular weight excluding hydrogens is 268 g/mol. The lowest BCUT2D eigenvalue weighted by atomic mass is 10.1. The lowest BCUT2D eigenvalue weighted by Crippen LogP contribution is -2.14. The molecule has 0 saturated heterocycles. The van der Waals surface area contributed by atoms with Gasteiger partial charge in [0.2, 0.25) is 5.89 Å². The van der Waals surface area contributed by atoms with Crippen LogP contribution in [0.15, 0.2) is 47.2 Å². The van der Waals surface area contributed by atoms with Crippen LogP contribution >= 0.6 is 0 Å². The van der Waals surface area contributed by atoms with Crippen LogP contribution in [0.3, 0.4) is 0 Å². The number of primary amides is 1. The molecule has 0 aliphatic rings. The predicted octanol–water partition coefficient (Wildman–Crippen LogP) is 2.21. The number of hydrogen-bond donors (Lipinski definition) is 1. The summed E-state index contributed by atoms with van der Waals surface area (Å²) in [7, 11) is 0. The van der Waals surface area contributed by atoms with E-state index in [1.807, 2.05) is 30.3 Å². The summed E-state index contributed by atoms with van der Waals surface area (Å²) in [5, 5.41) is 0. The molecule has 1 aromatic carbocycles. The van der Waals surface area contributed by atoms with Gasteiger partial charge in [0.25, 0.3) is 5.91 Å². The number of rotatable bonds is 3. The molecule has 21 heavy (non-hydrogen) atoms. The van der Waals surface area contributed by atoms with Gasteiger partial charge in [-0.15, -0.1) is 0 Å². The van der Waals surface area contributed by atoms with Gasteiger partial charge in [-0.25, -0.2) is 15.0 Å². The summed E-state index contributed by atoms with van der Waals surface area (Å²) in [6, 6.07) is 9.43.